The number of furan rings is 1. The van der Waals surface area contributed by atoms with Crippen LogP contribution in [0.5, 0.6) is 0 Å². The third kappa shape index (κ3) is 2.66. The van der Waals surface area contributed by atoms with Crippen LogP contribution < -0.4 is 5.32 Å². The summed E-state index contributed by atoms with van der Waals surface area (Å²) in [7, 11) is 0. The van der Waals surface area contributed by atoms with Gasteiger partial charge in [-0.25, -0.2) is 0 Å². The van der Waals surface area contributed by atoms with E-state index in [0.717, 1.165) is 25.3 Å². The highest BCUT2D eigenvalue weighted by molar-refractivity contribution is 5.03. The Morgan fingerprint density at radius 1 is 1.38 bits per heavy atom. The van der Waals surface area contributed by atoms with E-state index < -0.39 is 0 Å². The second kappa shape index (κ2) is 4.60. The van der Waals surface area contributed by atoms with E-state index in [2.05, 4.69) is 26.1 Å². The molecule has 1 aromatic rings. The van der Waals surface area contributed by atoms with E-state index in [-0.39, 0.29) is 11.5 Å². The Hall–Kier alpha value is -0.800. The molecule has 3 heteroatoms. The summed E-state index contributed by atoms with van der Waals surface area (Å²) in [4.78, 5) is 0. The number of hydrogen-bond acceptors (Lipinski definition) is 3. The maximum atomic E-state index is 5.82. The third-order valence-electron chi connectivity index (χ3n) is 3.18. The fourth-order valence-electron chi connectivity index (χ4n) is 2.13. The van der Waals surface area contributed by atoms with Gasteiger partial charge in [0.1, 0.15) is 11.9 Å². The summed E-state index contributed by atoms with van der Waals surface area (Å²) in [5, 5.41) is 3.57. The first-order valence-electron chi connectivity index (χ1n) is 5.96. The molecular weight excluding hydrogens is 202 g/mol. The minimum absolute atomic E-state index is 0.0577. The average Bonchev–Trinajstić information content (AvgIpc) is 2.60. The maximum Gasteiger partial charge on any atom is 0.133 e. The van der Waals surface area contributed by atoms with Crippen molar-refractivity contribution < 1.29 is 9.15 Å². The summed E-state index contributed by atoms with van der Waals surface area (Å²) in [6, 6.07) is 4.39. The largest absolute Gasteiger partial charge is 0.467 e. The molecule has 0 aliphatic carbocycles. The van der Waals surface area contributed by atoms with Gasteiger partial charge in [0.25, 0.3) is 0 Å². The molecule has 90 valence electrons. The summed E-state index contributed by atoms with van der Waals surface area (Å²) in [6.07, 6.45) is 2.81. The number of hydrogen-bond donors (Lipinski definition) is 1. The van der Waals surface area contributed by atoms with Gasteiger partial charge in [0.2, 0.25) is 0 Å². The van der Waals surface area contributed by atoms with E-state index in [1.165, 1.54) is 0 Å². The van der Waals surface area contributed by atoms with Crippen LogP contribution in [0.25, 0.3) is 0 Å². The lowest BCUT2D eigenvalue weighted by atomic mass is 9.85. The topological polar surface area (TPSA) is 34.4 Å². The highest BCUT2D eigenvalue weighted by Crippen LogP contribution is 2.27. The third-order valence-corrected chi connectivity index (χ3v) is 3.18. The Labute approximate surface area is 97.2 Å². The molecule has 2 atom stereocenters. The van der Waals surface area contributed by atoms with Crippen molar-refractivity contribution in [3.63, 3.8) is 0 Å². The minimum Gasteiger partial charge on any atom is -0.467 e. The molecule has 1 aliphatic rings. The van der Waals surface area contributed by atoms with Crippen molar-refractivity contribution in [1.82, 2.24) is 5.32 Å². The molecule has 16 heavy (non-hydrogen) atoms. The summed E-state index contributed by atoms with van der Waals surface area (Å²) < 4.78 is 11.2. The molecule has 1 fully saturated rings. The van der Waals surface area contributed by atoms with Crippen LogP contribution in [0.3, 0.4) is 0 Å². The zero-order valence-electron chi connectivity index (χ0n) is 10.3. The zero-order chi connectivity index (χ0) is 11.6. The molecule has 0 radical (unpaired) electrons. The van der Waals surface area contributed by atoms with Crippen LogP contribution in [0, 0.1) is 5.41 Å². The molecule has 0 bridgehead atoms. The molecule has 0 aromatic carbocycles. The number of rotatable bonds is 1. The fraction of sp³-hybridized carbons (Fsp3) is 0.692. The molecule has 3 nitrogen and oxygen atoms in total. The van der Waals surface area contributed by atoms with Crippen molar-refractivity contribution in [1.29, 1.82) is 0 Å². The van der Waals surface area contributed by atoms with Gasteiger partial charge in [-0.05, 0) is 24.0 Å². The molecule has 1 aromatic heterocycles. The summed E-state index contributed by atoms with van der Waals surface area (Å²) in [6.45, 7) is 8.41. The molecule has 1 aliphatic heterocycles. The number of ether oxygens (including phenoxy) is 1. The molecule has 1 saturated heterocycles. The van der Waals surface area contributed by atoms with Crippen LogP contribution in [0.2, 0.25) is 0 Å². The van der Waals surface area contributed by atoms with Crippen molar-refractivity contribution in [2.75, 3.05) is 13.2 Å². The van der Waals surface area contributed by atoms with Crippen LogP contribution in [-0.2, 0) is 4.74 Å². The second-order valence-corrected chi connectivity index (χ2v) is 5.49. The predicted molar refractivity (Wildman–Crippen MR) is 63.3 cm³/mol. The first-order chi connectivity index (χ1) is 7.57. The Morgan fingerprint density at radius 2 is 2.19 bits per heavy atom. The quantitative estimate of drug-likeness (QED) is 0.795. The van der Waals surface area contributed by atoms with Gasteiger partial charge >= 0.3 is 0 Å². The van der Waals surface area contributed by atoms with E-state index in [1.807, 2.05) is 12.1 Å². The maximum absolute atomic E-state index is 5.82. The Kier molecular flexibility index (Phi) is 3.36. The van der Waals surface area contributed by atoms with Crippen LogP contribution in [-0.4, -0.2) is 19.2 Å². The molecule has 2 unspecified atom stereocenters. The van der Waals surface area contributed by atoms with Gasteiger partial charge < -0.3 is 14.5 Å². The van der Waals surface area contributed by atoms with E-state index in [0.29, 0.717) is 6.04 Å². The van der Waals surface area contributed by atoms with Gasteiger partial charge in [0, 0.05) is 19.2 Å². The van der Waals surface area contributed by atoms with E-state index in [1.54, 1.807) is 6.26 Å². The summed E-state index contributed by atoms with van der Waals surface area (Å²) >= 11 is 0. The van der Waals surface area contributed by atoms with Gasteiger partial charge in [-0.2, -0.15) is 0 Å². The Balaban J connectivity index is 1.99. The SMILES string of the molecule is CC(C)(C)C1CCOC(c2ccco2)CN1. The van der Waals surface area contributed by atoms with Crippen molar-refractivity contribution in [3.05, 3.63) is 24.2 Å². The summed E-state index contributed by atoms with van der Waals surface area (Å²) in [5.41, 5.74) is 0.279. The van der Waals surface area contributed by atoms with E-state index in [9.17, 15) is 0 Å². The van der Waals surface area contributed by atoms with Crippen LogP contribution in [0.15, 0.2) is 22.8 Å². The first kappa shape index (κ1) is 11.7. The van der Waals surface area contributed by atoms with Gasteiger partial charge in [-0.15, -0.1) is 0 Å². The Bertz CT molecular complexity index is 313. The molecule has 2 heterocycles. The Morgan fingerprint density at radius 3 is 2.81 bits per heavy atom. The van der Waals surface area contributed by atoms with Crippen molar-refractivity contribution in [3.8, 4) is 0 Å². The van der Waals surface area contributed by atoms with E-state index in [4.69, 9.17) is 9.15 Å². The molecule has 0 saturated carbocycles. The molecule has 0 amide bonds. The van der Waals surface area contributed by atoms with Crippen molar-refractivity contribution >= 4 is 0 Å². The molecule has 2 rings (SSSR count). The molecular formula is C13H21NO2. The van der Waals surface area contributed by atoms with Gasteiger partial charge in [0.05, 0.1) is 6.26 Å². The standard InChI is InChI=1S/C13H21NO2/c1-13(2,3)12-6-8-16-11(9-14-12)10-5-4-7-15-10/h4-5,7,11-12,14H,6,8-9H2,1-3H3. The number of nitrogens with one attached hydrogen (secondary N) is 1. The lowest BCUT2D eigenvalue weighted by Crippen LogP contribution is -2.40. The first-order valence-corrected chi connectivity index (χ1v) is 5.96. The predicted octanol–water partition coefficient (Wildman–Crippen LogP) is 2.75. The highest BCUT2D eigenvalue weighted by atomic mass is 16.5. The van der Waals surface area contributed by atoms with Crippen molar-refractivity contribution in [2.45, 2.75) is 39.3 Å². The lowest BCUT2D eigenvalue weighted by Gasteiger charge is -2.30. The van der Waals surface area contributed by atoms with Crippen LogP contribution in [0.4, 0.5) is 0 Å². The zero-order valence-corrected chi connectivity index (χ0v) is 10.3. The van der Waals surface area contributed by atoms with Crippen LogP contribution >= 0.6 is 0 Å². The van der Waals surface area contributed by atoms with Crippen molar-refractivity contribution in [2.24, 2.45) is 5.41 Å². The molecule has 1 N–H and O–H groups in total. The van der Waals surface area contributed by atoms with Crippen LogP contribution in [0.1, 0.15) is 39.1 Å². The molecule has 0 spiro atoms. The second-order valence-electron chi connectivity index (χ2n) is 5.49. The normalized spacial score (nSPS) is 27.7. The monoisotopic (exact) mass is 223 g/mol. The summed E-state index contributed by atoms with van der Waals surface area (Å²) in [5.74, 6) is 0.919. The van der Waals surface area contributed by atoms with Gasteiger partial charge in [-0.1, -0.05) is 20.8 Å². The van der Waals surface area contributed by atoms with Gasteiger partial charge in [0.15, 0.2) is 0 Å². The smallest absolute Gasteiger partial charge is 0.133 e. The minimum atomic E-state index is 0.0577. The highest BCUT2D eigenvalue weighted by Gasteiger charge is 2.28. The average molecular weight is 223 g/mol. The van der Waals surface area contributed by atoms with Gasteiger partial charge in [-0.3, -0.25) is 0 Å². The fourth-order valence-corrected chi connectivity index (χ4v) is 2.13. The van der Waals surface area contributed by atoms with E-state index >= 15 is 0 Å². The lowest BCUT2D eigenvalue weighted by molar-refractivity contribution is 0.0503.